The Balaban J connectivity index is 5.42. The first-order valence-corrected chi connectivity index (χ1v) is 43.5. The zero-order valence-electron chi connectivity index (χ0n) is 64.5. The summed E-state index contributed by atoms with van der Waals surface area (Å²) in [7, 11) is -9.98. The molecule has 0 fully saturated rings. The van der Waals surface area contributed by atoms with E-state index >= 15 is 0 Å². The second-order valence-corrected chi connectivity index (χ2v) is 29.9. The fourth-order valence-corrected chi connectivity index (χ4v) is 12.5. The van der Waals surface area contributed by atoms with E-state index in [1.807, 2.05) is 18.2 Å². The molecule has 17 nitrogen and oxygen atoms in total. The summed E-state index contributed by atoms with van der Waals surface area (Å²) in [5.74, 6) is -2.27. The molecule has 0 heterocycles. The van der Waals surface area contributed by atoms with Crippen molar-refractivity contribution >= 4 is 39.5 Å². The Bertz CT molecular complexity index is 2310. The lowest BCUT2D eigenvalue weighted by Gasteiger charge is -2.21. The summed E-state index contributed by atoms with van der Waals surface area (Å²) in [6.45, 7) is 4.69. The zero-order valence-corrected chi connectivity index (χ0v) is 66.3. The Morgan fingerprint density at radius 3 is 0.853 bits per heavy atom. The Hall–Kier alpha value is -4.02. The van der Waals surface area contributed by atoms with E-state index in [9.17, 15) is 43.2 Å². The molecule has 0 saturated heterocycles. The van der Waals surface area contributed by atoms with Crippen LogP contribution in [0.1, 0.15) is 349 Å². The van der Waals surface area contributed by atoms with Crippen LogP contribution in [0.3, 0.4) is 0 Å². The van der Waals surface area contributed by atoms with Crippen molar-refractivity contribution in [1.29, 1.82) is 0 Å². The van der Waals surface area contributed by atoms with Crippen LogP contribution in [0.4, 0.5) is 0 Å². The Kier molecular flexibility index (Phi) is 72.3. The van der Waals surface area contributed by atoms with Gasteiger partial charge in [0.2, 0.25) is 0 Å². The normalized spacial score (nSPS) is 14.4. The van der Waals surface area contributed by atoms with Crippen LogP contribution >= 0.6 is 15.6 Å². The minimum absolute atomic E-state index is 0.0304. The number of aliphatic hydroxyl groups excluding tert-OH is 1. The van der Waals surface area contributed by atoms with Gasteiger partial charge >= 0.3 is 39.5 Å². The Morgan fingerprint density at radius 1 is 0.284 bits per heavy atom. The van der Waals surface area contributed by atoms with Crippen LogP contribution in [-0.4, -0.2) is 96.7 Å². The summed E-state index contributed by atoms with van der Waals surface area (Å²) >= 11 is 0. The summed E-state index contributed by atoms with van der Waals surface area (Å²) in [6.07, 6.45) is 79.7. The molecular formula is C83H146O17P2. The second kappa shape index (κ2) is 75.2. The van der Waals surface area contributed by atoms with Crippen molar-refractivity contribution in [3.63, 3.8) is 0 Å². The smallest absolute Gasteiger partial charge is 0.462 e. The highest BCUT2D eigenvalue weighted by molar-refractivity contribution is 7.47. The van der Waals surface area contributed by atoms with E-state index in [1.165, 1.54) is 135 Å². The van der Waals surface area contributed by atoms with E-state index in [1.54, 1.807) is 0 Å². The van der Waals surface area contributed by atoms with Gasteiger partial charge < -0.3 is 33.8 Å². The first kappa shape index (κ1) is 98.0. The van der Waals surface area contributed by atoms with Crippen molar-refractivity contribution in [3.8, 4) is 0 Å². The first-order valence-electron chi connectivity index (χ1n) is 40.5. The number of hydrogen-bond acceptors (Lipinski definition) is 15. The number of hydrogen-bond donors (Lipinski definition) is 3. The van der Waals surface area contributed by atoms with E-state index in [4.69, 9.17) is 37.0 Å². The molecule has 0 amide bonds. The van der Waals surface area contributed by atoms with Crippen molar-refractivity contribution < 1.29 is 80.2 Å². The Morgan fingerprint density at radius 2 is 0.529 bits per heavy atom. The van der Waals surface area contributed by atoms with E-state index in [-0.39, 0.29) is 25.7 Å². The maximum atomic E-state index is 13.1. The molecule has 3 N–H and O–H groups in total. The van der Waals surface area contributed by atoms with Gasteiger partial charge in [0.25, 0.3) is 0 Å². The molecule has 102 heavy (non-hydrogen) atoms. The number of unbranched alkanes of at least 4 members (excludes halogenated alkanes) is 34. The number of ether oxygens (including phenoxy) is 4. The van der Waals surface area contributed by atoms with Crippen molar-refractivity contribution in [1.82, 2.24) is 0 Å². The molecule has 0 spiro atoms. The number of esters is 4. The lowest BCUT2D eigenvalue weighted by atomic mass is 10.0. The minimum atomic E-state index is -5.00. The fourth-order valence-electron chi connectivity index (χ4n) is 10.9. The molecule has 0 aliphatic carbocycles. The maximum Gasteiger partial charge on any atom is 0.472 e. The largest absolute Gasteiger partial charge is 0.472 e. The fraction of sp³-hybridized carbons (Fsp3) is 0.759. The van der Waals surface area contributed by atoms with E-state index in [0.29, 0.717) is 32.1 Å². The predicted octanol–water partition coefficient (Wildman–Crippen LogP) is 23.6. The number of phosphoric acid groups is 2. The van der Waals surface area contributed by atoms with Gasteiger partial charge in [-0.05, 0) is 116 Å². The number of rotatable bonds is 76. The molecule has 0 saturated carbocycles. The van der Waals surface area contributed by atoms with Gasteiger partial charge in [-0.25, -0.2) is 9.13 Å². The van der Waals surface area contributed by atoms with Crippen molar-refractivity contribution in [2.24, 2.45) is 0 Å². The zero-order chi connectivity index (χ0) is 74.6. The highest BCUT2D eigenvalue weighted by Gasteiger charge is 2.30. The lowest BCUT2D eigenvalue weighted by Crippen LogP contribution is -2.30. The highest BCUT2D eigenvalue weighted by Crippen LogP contribution is 2.45. The summed E-state index contributed by atoms with van der Waals surface area (Å²) in [5, 5.41) is 10.6. The third-order valence-corrected chi connectivity index (χ3v) is 18.9. The molecular weight excluding hydrogens is 1330 g/mol. The quantitative estimate of drug-likeness (QED) is 0.0169. The van der Waals surface area contributed by atoms with Gasteiger partial charge in [-0.2, -0.15) is 0 Å². The molecule has 590 valence electrons. The van der Waals surface area contributed by atoms with Crippen LogP contribution in [0.2, 0.25) is 0 Å². The molecule has 0 aromatic rings. The van der Waals surface area contributed by atoms with Crippen molar-refractivity contribution in [2.75, 3.05) is 39.6 Å². The van der Waals surface area contributed by atoms with Crippen molar-refractivity contribution in [2.45, 2.75) is 367 Å². The van der Waals surface area contributed by atoms with Crippen LogP contribution in [0.5, 0.6) is 0 Å². The minimum Gasteiger partial charge on any atom is -0.462 e. The summed E-state index contributed by atoms with van der Waals surface area (Å²) in [4.78, 5) is 73.0. The topological polar surface area (TPSA) is 237 Å². The standard InChI is InChI=1S/C83H146O17P2/c1-5-9-13-17-21-25-29-33-36-37-38-39-42-46-50-54-58-62-66-70-83(88)100-79(74-94-81(86)68-64-60-56-52-48-44-40-34-30-26-22-18-14-10-6-2)76-98-102(91,92)96-72-77(84)71-95-101(89,90)97-75-78(73-93-80(85)67-63-59-55-51-47-43-32-28-24-20-16-12-8-4)99-82(87)69-65-61-57-53-49-45-41-35-31-27-23-19-15-11-7-3/h9,13,21,25-26,30,33,35-36,38-39,41,46,50,58,62,77-79,84H,5-8,10-12,14-20,22-24,27-29,31-32,34,37,40,42-45,47-49,51-57,59-61,63-76H2,1-4H3,(H,89,90)(H,91,92)/b13-9-,25-21-,30-26-,36-33-,39-38-,41-35-,50-46-,62-58-/t77-,78+,79+/m0/s1. The lowest BCUT2D eigenvalue weighted by molar-refractivity contribution is -0.161. The highest BCUT2D eigenvalue weighted by atomic mass is 31.2. The van der Waals surface area contributed by atoms with Crippen LogP contribution in [0.15, 0.2) is 97.2 Å². The number of phosphoric ester groups is 2. The average Bonchev–Trinajstić information content (AvgIpc) is 1.21. The van der Waals surface area contributed by atoms with Crippen molar-refractivity contribution in [3.05, 3.63) is 97.2 Å². The summed E-state index contributed by atoms with van der Waals surface area (Å²) in [5.41, 5.74) is 0. The third kappa shape index (κ3) is 74.3. The molecule has 0 aromatic carbocycles. The van der Waals surface area contributed by atoms with Crippen LogP contribution < -0.4 is 0 Å². The Labute approximate surface area is 620 Å². The molecule has 2 unspecified atom stereocenters. The van der Waals surface area contributed by atoms with Crippen LogP contribution in [0.25, 0.3) is 0 Å². The molecule has 5 atom stereocenters. The first-order chi connectivity index (χ1) is 49.7. The number of carbonyl (C=O) groups excluding carboxylic acids is 4. The van der Waals surface area contributed by atoms with Gasteiger partial charge in [0.15, 0.2) is 12.2 Å². The molecule has 19 heteroatoms. The maximum absolute atomic E-state index is 13.1. The van der Waals surface area contributed by atoms with Gasteiger partial charge in [-0.3, -0.25) is 37.3 Å². The van der Waals surface area contributed by atoms with Gasteiger partial charge in [-0.1, -0.05) is 305 Å². The van der Waals surface area contributed by atoms with E-state index in [2.05, 4.69) is 107 Å². The SMILES string of the molecule is CC/C=C\C/C=C\C/C=C\C/C=C\C/C=C\C/C=C\CCC(=O)O[C@H](COC(=O)CCCCCCCCC/C=C\CCCCCC)COP(=O)(O)OC[C@@H](O)COP(=O)(O)OC[C@@H](COC(=O)CCCCCCCCCCCCCCC)OC(=O)CCCCCCC/C=C\CCCCCCCC. The van der Waals surface area contributed by atoms with E-state index < -0.39 is 97.5 Å². The molecule has 0 rings (SSSR count). The van der Waals surface area contributed by atoms with Gasteiger partial charge in [-0.15, -0.1) is 0 Å². The molecule has 0 radical (unpaired) electrons. The summed E-state index contributed by atoms with van der Waals surface area (Å²) in [6, 6.07) is 0. The van der Waals surface area contributed by atoms with E-state index in [0.717, 1.165) is 128 Å². The third-order valence-electron chi connectivity index (χ3n) is 17.0. The molecule has 0 aliphatic heterocycles. The second-order valence-electron chi connectivity index (χ2n) is 27.0. The number of allylic oxidation sites excluding steroid dienone is 16. The van der Waals surface area contributed by atoms with Crippen LogP contribution in [-0.2, 0) is 65.4 Å². The predicted molar refractivity (Wildman–Crippen MR) is 418 cm³/mol. The average molecular weight is 1480 g/mol. The monoisotopic (exact) mass is 1480 g/mol. The number of aliphatic hydroxyl groups is 1. The summed E-state index contributed by atoms with van der Waals surface area (Å²) < 4.78 is 68.5. The molecule has 0 aliphatic rings. The van der Waals surface area contributed by atoms with Gasteiger partial charge in [0.1, 0.15) is 19.3 Å². The van der Waals surface area contributed by atoms with Gasteiger partial charge in [0, 0.05) is 25.7 Å². The molecule has 0 aromatic heterocycles. The number of carbonyl (C=O) groups is 4. The molecule has 0 bridgehead atoms. The van der Waals surface area contributed by atoms with Gasteiger partial charge in [0.05, 0.1) is 26.4 Å². The van der Waals surface area contributed by atoms with Crippen LogP contribution in [0, 0.1) is 0 Å².